The molecule has 126 valence electrons. The zero-order chi connectivity index (χ0) is 16.9. The number of hydrogen-bond acceptors (Lipinski definition) is 6. The molecular weight excluding hydrogens is 289 g/mol. The van der Waals surface area contributed by atoms with Crippen molar-refractivity contribution in [1.29, 1.82) is 0 Å². The number of carbonyl (C=O) groups excluding carboxylic acids is 1. The summed E-state index contributed by atoms with van der Waals surface area (Å²) in [4.78, 5) is 25.2. The number of piperidine rings is 1. The van der Waals surface area contributed by atoms with Gasteiger partial charge in [-0.05, 0) is 25.1 Å². The van der Waals surface area contributed by atoms with Gasteiger partial charge in [-0.1, -0.05) is 19.8 Å². The fraction of sp³-hybridized carbons (Fsp3) is 0.846. The van der Waals surface area contributed by atoms with Crippen LogP contribution in [0.25, 0.3) is 0 Å². The third kappa shape index (κ3) is 4.94. The minimum atomic E-state index is -1.52. The molecule has 0 spiro atoms. The fourth-order valence-corrected chi connectivity index (χ4v) is 2.93. The maximum Gasteiger partial charge on any atom is 0.451 e. The first-order chi connectivity index (χ1) is 10.2. The number of carboxylic acid groups (broad SMARTS) is 1. The fourth-order valence-electron chi connectivity index (χ4n) is 2.93. The molecule has 0 aromatic carbocycles. The number of aliphatic carboxylic acids is 1. The van der Waals surface area contributed by atoms with E-state index in [4.69, 9.17) is 21.5 Å². The molecule has 0 aromatic heterocycles. The Morgan fingerprint density at radius 2 is 2.09 bits per heavy atom. The van der Waals surface area contributed by atoms with Crippen LogP contribution in [0.1, 0.15) is 32.6 Å². The van der Waals surface area contributed by atoms with Gasteiger partial charge in [-0.15, -0.1) is 0 Å². The van der Waals surface area contributed by atoms with Crippen LogP contribution < -0.4 is 11.5 Å². The van der Waals surface area contributed by atoms with Gasteiger partial charge in [0.1, 0.15) is 5.54 Å². The van der Waals surface area contributed by atoms with Crippen LogP contribution in [0.4, 0.5) is 0 Å². The van der Waals surface area contributed by atoms with E-state index in [1.165, 1.54) is 4.90 Å². The Morgan fingerprint density at radius 1 is 1.45 bits per heavy atom. The molecule has 0 bridgehead atoms. The van der Waals surface area contributed by atoms with Crippen LogP contribution in [-0.4, -0.2) is 63.7 Å². The molecule has 7 N–H and O–H groups in total. The van der Waals surface area contributed by atoms with Crippen LogP contribution >= 0.6 is 0 Å². The van der Waals surface area contributed by atoms with Crippen molar-refractivity contribution in [3.8, 4) is 0 Å². The number of likely N-dealkylation sites (tertiary alicyclic amines) is 1. The lowest BCUT2D eigenvalue weighted by Crippen LogP contribution is -2.64. The highest BCUT2D eigenvalue weighted by atomic mass is 16.4. The Balaban J connectivity index is 2.83. The van der Waals surface area contributed by atoms with E-state index in [0.717, 1.165) is 6.42 Å². The average molecular weight is 315 g/mol. The average Bonchev–Trinajstić information content (AvgIpc) is 2.44. The highest BCUT2D eigenvalue weighted by Crippen LogP contribution is 2.28. The van der Waals surface area contributed by atoms with Gasteiger partial charge in [0.15, 0.2) is 0 Å². The lowest BCUT2D eigenvalue weighted by atomic mass is 9.75. The van der Waals surface area contributed by atoms with Crippen molar-refractivity contribution in [1.82, 2.24) is 4.90 Å². The van der Waals surface area contributed by atoms with E-state index in [0.29, 0.717) is 19.4 Å². The summed E-state index contributed by atoms with van der Waals surface area (Å²) in [5, 5.41) is 27.3. The quantitative estimate of drug-likeness (QED) is 0.363. The first-order valence-corrected chi connectivity index (χ1v) is 7.62. The Hall–Kier alpha value is -1.16. The molecule has 3 atom stereocenters. The molecule has 1 fully saturated rings. The van der Waals surface area contributed by atoms with Gasteiger partial charge in [0.25, 0.3) is 0 Å². The summed E-state index contributed by atoms with van der Waals surface area (Å²) in [6, 6.07) is -0.662. The zero-order valence-electron chi connectivity index (χ0n) is 12.9. The van der Waals surface area contributed by atoms with Gasteiger partial charge >= 0.3 is 13.1 Å². The number of nitrogens with zero attached hydrogens (tertiary/aromatic N) is 1. The van der Waals surface area contributed by atoms with E-state index in [1.54, 1.807) is 0 Å². The van der Waals surface area contributed by atoms with Crippen molar-refractivity contribution in [3.05, 3.63) is 0 Å². The summed E-state index contributed by atoms with van der Waals surface area (Å²) in [5.41, 5.74) is 10.3. The Morgan fingerprint density at radius 3 is 2.59 bits per heavy atom. The monoisotopic (exact) mass is 315 g/mol. The van der Waals surface area contributed by atoms with E-state index in [2.05, 4.69) is 0 Å². The SMILES string of the molecule is CCCC(N)C(=O)N1C[C@@H](CCB(O)O)C[C@](N)(C(=O)O)C1. The second kappa shape index (κ2) is 7.91. The van der Waals surface area contributed by atoms with Crippen molar-refractivity contribution >= 4 is 19.0 Å². The molecule has 1 heterocycles. The molecule has 1 aliphatic heterocycles. The van der Waals surface area contributed by atoms with Crippen molar-refractivity contribution in [3.63, 3.8) is 0 Å². The molecule has 1 saturated heterocycles. The van der Waals surface area contributed by atoms with Gasteiger partial charge in [0.2, 0.25) is 5.91 Å². The molecule has 1 rings (SSSR count). The first-order valence-electron chi connectivity index (χ1n) is 7.62. The lowest BCUT2D eigenvalue weighted by molar-refractivity contribution is -0.149. The molecule has 0 aromatic rings. The number of carbonyl (C=O) groups is 2. The third-order valence-corrected chi connectivity index (χ3v) is 4.09. The normalized spacial score (nSPS) is 26.6. The van der Waals surface area contributed by atoms with Crippen LogP contribution in [-0.2, 0) is 9.59 Å². The molecule has 8 nitrogen and oxygen atoms in total. The van der Waals surface area contributed by atoms with Gasteiger partial charge < -0.3 is 31.5 Å². The largest absolute Gasteiger partial charge is 0.480 e. The molecule has 0 saturated carbocycles. The number of hydrogen-bond donors (Lipinski definition) is 5. The predicted molar refractivity (Wildman–Crippen MR) is 81.7 cm³/mol. The summed E-state index contributed by atoms with van der Waals surface area (Å²) < 4.78 is 0. The molecule has 22 heavy (non-hydrogen) atoms. The summed E-state index contributed by atoms with van der Waals surface area (Å²) in [6.07, 6.45) is 1.98. The number of amides is 1. The molecule has 1 amide bonds. The van der Waals surface area contributed by atoms with Gasteiger partial charge in [-0.25, -0.2) is 0 Å². The zero-order valence-corrected chi connectivity index (χ0v) is 12.9. The highest BCUT2D eigenvalue weighted by molar-refractivity contribution is 6.40. The van der Waals surface area contributed by atoms with E-state index >= 15 is 0 Å². The minimum Gasteiger partial charge on any atom is -0.480 e. The predicted octanol–water partition coefficient (Wildman–Crippen LogP) is -1.39. The van der Waals surface area contributed by atoms with Crippen molar-refractivity contribution < 1.29 is 24.7 Å². The standard InChI is InChI=1S/C13H26BN3O5/c1-2-3-10(15)11(18)17-7-9(4-5-14(21)22)6-13(16,8-17)12(19)20/h9-10,21-22H,2-8,15-16H2,1H3,(H,19,20)/t9-,10?,13+/m0/s1. The van der Waals surface area contributed by atoms with E-state index < -0.39 is 24.7 Å². The summed E-state index contributed by atoms with van der Waals surface area (Å²) in [7, 11) is -1.45. The van der Waals surface area contributed by atoms with Gasteiger partial charge in [-0.2, -0.15) is 0 Å². The van der Waals surface area contributed by atoms with Gasteiger partial charge in [0.05, 0.1) is 6.04 Å². The maximum absolute atomic E-state index is 12.3. The van der Waals surface area contributed by atoms with Crippen LogP contribution in [0, 0.1) is 5.92 Å². The van der Waals surface area contributed by atoms with Crippen LogP contribution in [0.5, 0.6) is 0 Å². The van der Waals surface area contributed by atoms with Crippen molar-refractivity contribution in [2.24, 2.45) is 17.4 Å². The Kier molecular flexibility index (Phi) is 6.79. The molecular formula is C13H26BN3O5. The van der Waals surface area contributed by atoms with E-state index in [9.17, 15) is 14.7 Å². The van der Waals surface area contributed by atoms with Crippen LogP contribution in [0.3, 0.4) is 0 Å². The van der Waals surface area contributed by atoms with E-state index in [-0.39, 0.29) is 31.1 Å². The topological polar surface area (TPSA) is 150 Å². The number of rotatable bonds is 7. The molecule has 1 unspecified atom stereocenters. The van der Waals surface area contributed by atoms with E-state index in [1.807, 2.05) is 6.92 Å². The van der Waals surface area contributed by atoms with Crippen LogP contribution in [0.15, 0.2) is 0 Å². The van der Waals surface area contributed by atoms with Gasteiger partial charge in [0, 0.05) is 13.1 Å². The summed E-state index contributed by atoms with van der Waals surface area (Å²) in [6.45, 7) is 2.19. The summed E-state index contributed by atoms with van der Waals surface area (Å²) in [5.74, 6) is -1.66. The maximum atomic E-state index is 12.3. The lowest BCUT2D eigenvalue weighted by Gasteiger charge is -2.42. The third-order valence-electron chi connectivity index (χ3n) is 4.09. The molecule has 0 aliphatic carbocycles. The highest BCUT2D eigenvalue weighted by Gasteiger charge is 2.44. The van der Waals surface area contributed by atoms with Gasteiger partial charge in [-0.3, -0.25) is 9.59 Å². The molecule has 1 aliphatic rings. The number of carboxylic acids is 1. The summed E-state index contributed by atoms with van der Waals surface area (Å²) >= 11 is 0. The first kappa shape index (κ1) is 18.9. The second-order valence-corrected chi connectivity index (χ2v) is 6.20. The molecule has 9 heteroatoms. The smallest absolute Gasteiger partial charge is 0.451 e. The minimum absolute atomic E-state index is 0.0727. The molecule has 0 radical (unpaired) electrons. The Labute approximate surface area is 130 Å². The van der Waals surface area contributed by atoms with Crippen LogP contribution in [0.2, 0.25) is 6.32 Å². The van der Waals surface area contributed by atoms with Crippen molar-refractivity contribution in [2.45, 2.75) is 50.5 Å². The number of nitrogens with two attached hydrogens (primary N) is 2. The second-order valence-electron chi connectivity index (χ2n) is 6.20. The Bertz CT molecular complexity index is 409. The van der Waals surface area contributed by atoms with Crippen molar-refractivity contribution in [2.75, 3.05) is 13.1 Å².